The molecule has 1 aliphatic carbocycles. The van der Waals surface area contributed by atoms with Gasteiger partial charge >= 0.3 is 0 Å². The third-order valence-electron chi connectivity index (χ3n) is 5.31. The Bertz CT molecular complexity index is 615. The number of nitrogens with zero attached hydrogens (tertiary/aromatic N) is 1. The Labute approximate surface area is 134 Å². The quantitative estimate of drug-likeness (QED) is 0.799. The smallest absolute Gasteiger partial charge is 0.255 e. The minimum atomic E-state index is -0.579. The number of likely N-dealkylation sites (tertiary alicyclic amines) is 1. The summed E-state index contributed by atoms with van der Waals surface area (Å²) in [6, 6.07) is 0. The Kier molecular flexibility index (Phi) is 3.57. The summed E-state index contributed by atoms with van der Waals surface area (Å²) in [6.45, 7) is 1.52. The van der Waals surface area contributed by atoms with Crippen LogP contribution in [0.25, 0.3) is 0 Å². The molecule has 0 unspecified atom stereocenters. The largest absolute Gasteiger partial charge is 0.367 e. The highest BCUT2D eigenvalue weighted by Gasteiger charge is 2.46. The fourth-order valence-corrected chi connectivity index (χ4v) is 5.10. The van der Waals surface area contributed by atoms with Gasteiger partial charge in [0.1, 0.15) is 5.60 Å². The summed E-state index contributed by atoms with van der Waals surface area (Å²) in [5.74, 6) is 0.134. The van der Waals surface area contributed by atoms with Gasteiger partial charge in [-0.3, -0.25) is 9.59 Å². The van der Waals surface area contributed by atoms with Crippen molar-refractivity contribution in [3.8, 4) is 0 Å². The summed E-state index contributed by atoms with van der Waals surface area (Å²) in [6.07, 6.45) is 6.93. The molecule has 0 aromatic carbocycles. The number of thiophene rings is 1. The summed E-state index contributed by atoms with van der Waals surface area (Å²) in [5.41, 5.74) is 1.51. The topological polar surface area (TPSA) is 46.6 Å². The fourth-order valence-electron chi connectivity index (χ4n) is 3.98. The van der Waals surface area contributed by atoms with Gasteiger partial charge in [-0.1, -0.05) is 0 Å². The van der Waals surface area contributed by atoms with Crippen molar-refractivity contribution < 1.29 is 14.3 Å². The third kappa shape index (κ3) is 2.22. The summed E-state index contributed by atoms with van der Waals surface area (Å²) < 4.78 is 5.72. The predicted octanol–water partition coefficient (Wildman–Crippen LogP) is 2.59. The number of carbonyl (C=O) groups is 2. The molecule has 118 valence electrons. The van der Waals surface area contributed by atoms with Gasteiger partial charge in [0.05, 0.1) is 12.1 Å². The first-order valence-electron chi connectivity index (χ1n) is 8.25. The van der Waals surface area contributed by atoms with Crippen molar-refractivity contribution in [3.63, 3.8) is 0 Å². The lowest BCUT2D eigenvalue weighted by Gasteiger charge is -2.37. The first-order valence-corrected chi connectivity index (χ1v) is 9.13. The Balaban J connectivity index is 1.52. The Morgan fingerprint density at radius 1 is 1.23 bits per heavy atom. The molecule has 0 bridgehead atoms. The number of fused-ring (bicyclic) bond motifs is 1. The molecule has 1 atom stereocenters. The number of carbonyl (C=O) groups excluding carboxylic acids is 2. The number of rotatable bonds is 1. The van der Waals surface area contributed by atoms with Crippen LogP contribution in [-0.2, 0) is 22.4 Å². The second-order valence-electron chi connectivity index (χ2n) is 6.60. The van der Waals surface area contributed by atoms with E-state index in [2.05, 4.69) is 0 Å². The number of aryl methyl sites for hydroxylation is 1. The van der Waals surface area contributed by atoms with Crippen molar-refractivity contribution in [2.45, 2.75) is 50.5 Å². The number of ketones is 1. The number of piperidine rings is 1. The Morgan fingerprint density at radius 2 is 2.09 bits per heavy atom. The zero-order valence-corrected chi connectivity index (χ0v) is 13.5. The highest BCUT2D eigenvalue weighted by Crippen LogP contribution is 2.35. The average molecular weight is 319 g/mol. The summed E-state index contributed by atoms with van der Waals surface area (Å²) in [7, 11) is 0. The first kappa shape index (κ1) is 14.4. The monoisotopic (exact) mass is 319 g/mol. The van der Waals surface area contributed by atoms with Gasteiger partial charge in [-0.15, -0.1) is 11.3 Å². The molecule has 1 aromatic heterocycles. The van der Waals surface area contributed by atoms with E-state index in [-0.39, 0.29) is 18.2 Å². The molecule has 0 N–H and O–H groups in total. The van der Waals surface area contributed by atoms with Crippen molar-refractivity contribution in [3.05, 3.63) is 21.4 Å². The predicted molar refractivity (Wildman–Crippen MR) is 84.4 cm³/mol. The minimum Gasteiger partial charge on any atom is -0.367 e. The summed E-state index contributed by atoms with van der Waals surface area (Å²) >= 11 is 1.71. The van der Waals surface area contributed by atoms with Crippen molar-refractivity contribution in [1.82, 2.24) is 4.90 Å². The highest BCUT2D eigenvalue weighted by atomic mass is 32.1. The number of amides is 1. The van der Waals surface area contributed by atoms with Gasteiger partial charge < -0.3 is 9.64 Å². The number of hydrogen-bond donors (Lipinski definition) is 0. The van der Waals surface area contributed by atoms with Gasteiger partial charge in [0.25, 0.3) is 5.91 Å². The lowest BCUT2D eigenvalue weighted by Crippen LogP contribution is -2.53. The molecule has 0 saturated carbocycles. The van der Waals surface area contributed by atoms with E-state index in [1.54, 1.807) is 16.2 Å². The van der Waals surface area contributed by atoms with E-state index in [4.69, 9.17) is 4.74 Å². The van der Waals surface area contributed by atoms with E-state index < -0.39 is 5.60 Å². The van der Waals surface area contributed by atoms with Crippen LogP contribution in [0.3, 0.4) is 0 Å². The van der Waals surface area contributed by atoms with Gasteiger partial charge in [0.15, 0.2) is 5.78 Å². The number of hydrogen-bond acceptors (Lipinski definition) is 4. The number of ether oxygens (including phenoxy) is 1. The maximum absolute atomic E-state index is 12.8. The first-order chi connectivity index (χ1) is 10.7. The van der Waals surface area contributed by atoms with Crippen LogP contribution in [0.15, 0.2) is 5.38 Å². The number of Topliss-reactive ketones (excluding diaryl/α,β-unsaturated/α-hetero) is 1. The Hall–Kier alpha value is -1.20. The van der Waals surface area contributed by atoms with Crippen LogP contribution < -0.4 is 0 Å². The van der Waals surface area contributed by atoms with Crippen LogP contribution in [0.4, 0.5) is 0 Å². The van der Waals surface area contributed by atoms with Gasteiger partial charge in [-0.05, 0) is 44.1 Å². The summed E-state index contributed by atoms with van der Waals surface area (Å²) in [4.78, 5) is 28.4. The molecule has 0 radical (unpaired) electrons. The van der Waals surface area contributed by atoms with Crippen LogP contribution in [0.1, 0.15) is 52.9 Å². The van der Waals surface area contributed by atoms with Gasteiger partial charge in [0.2, 0.25) is 0 Å². The molecule has 1 aromatic rings. The molecule has 4 rings (SSSR count). The van der Waals surface area contributed by atoms with Gasteiger partial charge in [-0.2, -0.15) is 0 Å². The molecular weight excluding hydrogens is 298 g/mol. The Morgan fingerprint density at radius 3 is 2.86 bits per heavy atom. The zero-order chi connectivity index (χ0) is 15.2. The molecule has 1 spiro atoms. The normalized spacial score (nSPS) is 28.2. The lowest BCUT2D eigenvalue weighted by molar-refractivity contribution is -0.144. The van der Waals surface area contributed by atoms with Crippen molar-refractivity contribution in [2.75, 3.05) is 19.7 Å². The molecular formula is C17H21NO3S. The van der Waals surface area contributed by atoms with Gasteiger partial charge in [0, 0.05) is 29.8 Å². The highest BCUT2D eigenvalue weighted by molar-refractivity contribution is 7.10. The maximum Gasteiger partial charge on any atom is 0.255 e. The molecule has 4 nitrogen and oxygen atoms in total. The lowest BCUT2D eigenvalue weighted by atomic mass is 9.87. The molecule has 2 saturated heterocycles. The average Bonchev–Trinajstić information content (AvgIpc) is 3.17. The van der Waals surface area contributed by atoms with Gasteiger partial charge in [-0.25, -0.2) is 0 Å². The fraction of sp³-hybridized carbons (Fsp3) is 0.647. The van der Waals surface area contributed by atoms with Crippen LogP contribution in [0.2, 0.25) is 0 Å². The van der Waals surface area contributed by atoms with E-state index in [0.717, 1.165) is 31.2 Å². The SMILES string of the molecule is O=C(c1csc2c1CCCC2)N1CC[C@]2(CCCO2)C(=O)C1. The molecule has 22 heavy (non-hydrogen) atoms. The molecule has 2 fully saturated rings. The standard InChI is InChI=1S/C17H21NO3S/c19-15-10-18(8-7-17(15)6-3-9-21-17)16(20)13-11-22-14-5-2-1-4-12(13)14/h11H,1-10H2/t17-/m1/s1. The van der Waals surface area contributed by atoms with Crippen LogP contribution in [0, 0.1) is 0 Å². The molecule has 1 amide bonds. The molecule has 2 aliphatic heterocycles. The summed E-state index contributed by atoms with van der Waals surface area (Å²) in [5, 5.41) is 2.00. The van der Waals surface area contributed by atoms with Crippen LogP contribution in [0.5, 0.6) is 0 Å². The second-order valence-corrected chi connectivity index (χ2v) is 7.57. The molecule has 5 heteroatoms. The van der Waals surface area contributed by atoms with E-state index in [1.165, 1.54) is 23.3 Å². The van der Waals surface area contributed by atoms with Crippen molar-refractivity contribution >= 4 is 23.0 Å². The maximum atomic E-state index is 12.8. The van der Waals surface area contributed by atoms with E-state index in [0.29, 0.717) is 19.6 Å². The zero-order valence-electron chi connectivity index (χ0n) is 12.7. The molecule has 3 heterocycles. The van der Waals surface area contributed by atoms with Crippen molar-refractivity contribution in [2.24, 2.45) is 0 Å². The van der Waals surface area contributed by atoms with Crippen LogP contribution in [-0.4, -0.2) is 41.9 Å². The third-order valence-corrected chi connectivity index (χ3v) is 6.40. The minimum absolute atomic E-state index is 0.0422. The molecule has 3 aliphatic rings. The van der Waals surface area contributed by atoms with Crippen molar-refractivity contribution in [1.29, 1.82) is 0 Å². The van der Waals surface area contributed by atoms with E-state index in [9.17, 15) is 9.59 Å². The van der Waals surface area contributed by atoms with E-state index >= 15 is 0 Å². The van der Waals surface area contributed by atoms with Crippen LogP contribution >= 0.6 is 11.3 Å². The van der Waals surface area contributed by atoms with E-state index in [1.807, 2.05) is 5.38 Å². The second kappa shape index (κ2) is 5.46.